The van der Waals surface area contributed by atoms with E-state index >= 15 is 0 Å². The van der Waals surface area contributed by atoms with Gasteiger partial charge in [-0.25, -0.2) is 26.9 Å². The van der Waals surface area contributed by atoms with Crippen molar-refractivity contribution in [3.63, 3.8) is 0 Å². The van der Waals surface area contributed by atoms with Gasteiger partial charge in [0, 0.05) is 11.8 Å². The zero-order valence-corrected chi connectivity index (χ0v) is 15.4. The minimum Gasteiger partial charge on any atom is -0.383 e. The molecule has 0 bridgehead atoms. The molecule has 0 saturated heterocycles. The lowest BCUT2D eigenvalue weighted by molar-refractivity contribution is 0.364. The molecular formula is C16H17F2N5O2S. The van der Waals surface area contributed by atoms with Gasteiger partial charge in [0.15, 0.2) is 17.3 Å². The van der Waals surface area contributed by atoms with Crippen molar-refractivity contribution in [1.29, 1.82) is 0 Å². The number of halogens is 2. The van der Waals surface area contributed by atoms with Crippen molar-refractivity contribution >= 4 is 26.7 Å². The van der Waals surface area contributed by atoms with Crippen LogP contribution in [-0.2, 0) is 15.4 Å². The molecule has 0 saturated carbocycles. The zero-order chi connectivity index (χ0) is 19.4. The van der Waals surface area contributed by atoms with Gasteiger partial charge in [0.05, 0.1) is 16.6 Å². The quantitative estimate of drug-likeness (QED) is 0.684. The Morgan fingerprint density at radius 3 is 2.38 bits per heavy atom. The molecule has 26 heavy (non-hydrogen) atoms. The number of anilines is 1. The largest absolute Gasteiger partial charge is 0.383 e. The van der Waals surface area contributed by atoms with Gasteiger partial charge >= 0.3 is 0 Å². The molecule has 0 atom stereocenters. The number of aromatic nitrogens is 4. The molecule has 3 rings (SSSR count). The van der Waals surface area contributed by atoms with E-state index in [1.54, 1.807) is 0 Å². The minimum absolute atomic E-state index is 0.00786. The summed E-state index contributed by atoms with van der Waals surface area (Å²) < 4.78 is 53.4. The van der Waals surface area contributed by atoms with Crippen LogP contribution in [0, 0.1) is 11.6 Å². The van der Waals surface area contributed by atoms with Gasteiger partial charge in [0.25, 0.3) is 0 Å². The van der Waals surface area contributed by atoms with Gasteiger partial charge in [0.1, 0.15) is 5.82 Å². The van der Waals surface area contributed by atoms with Crippen molar-refractivity contribution in [2.24, 2.45) is 0 Å². The number of nitrogens with two attached hydrogens (primary N) is 1. The van der Waals surface area contributed by atoms with E-state index in [0.717, 1.165) is 12.3 Å². The third kappa shape index (κ3) is 2.90. The van der Waals surface area contributed by atoms with Gasteiger partial charge in [-0.05, 0) is 32.9 Å². The Kier molecular flexibility index (Phi) is 3.98. The SMILES string of the molecule is CC(C)(C)n1nc2nc(S(C)(=O)=O)nc(-c3cccc(F)c3F)c2c1N. The van der Waals surface area contributed by atoms with Crippen molar-refractivity contribution in [1.82, 2.24) is 19.7 Å². The Hall–Kier alpha value is -2.62. The minimum atomic E-state index is -3.82. The Morgan fingerprint density at radius 2 is 1.81 bits per heavy atom. The molecule has 0 aliphatic carbocycles. The van der Waals surface area contributed by atoms with Crippen LogP contribution >= 0.6 is 0 Å². The summed E-state index contributed by atoms with van der Waals surface area (Å²) in [5, 5.41) is 3.88. The zero-order valence-electron chi connectivity index (χ0n) is 14.6. The van der Waals surface area contributed by atoms with E-state index in [9.17, 15) is 17.2 Å². The van der Waals surface area contributed by atoms with Crippen LogP contribution in [0.3, 0.4) is 0 Å². The summed E-state index contributed by atoms with van der Waals surface area (Å²) in [6.07, 6.45) is 0.921. The maximum atomic E-state index is 14.4. The first-order chi connectivity index (χ1) is 11.9. The first-order valence-electron chi connectivity index (χ1n) is 7.62. The lowest BCUT2D eigenvalue weighted by Crippen LogP contribution is -2.24. The van der Waals surface area contributed by atoms with Crippen LogP contribution in [0.25, 0.3) is 22.3 Å². The van der Waals surface area contributed by atoms with E-state index in [1.165, 1.54) is 16.8 Å². The Morgan fingerprint density at radius 1 is 1.15 bits per heavy atom. The molecule has 10 heteroatoms. The molecular weight excluding hydrogens is 364 g/mol. The smallest absolute Gasteiger partial charge is 0.249 e. The van der Waals surface area contributed by atoms with E-state index in [-0.39, 0.29) is 28.1 Å². The van der Waals surface area contributed by atoms with Gasteiger partial charge in [-0.3, -0.25) is 0 Å². The summed E-state index contributed by atoms with van der Waals surface area (Å²) in [6, 6.07) is 3.54. The normalized spacial score (nSPS) is 12.7. The highest BCUT2D eigenvalue weighted by Crippen LogP contribution is 2.35. The molecule has 1 aromatic carbocycles. The lowest BCUT2D eigenvalue weighted by Gasteiger charge is -2.20. The molecule has 3 aromatic rings. The fourth-order valence-electron chi connectivity index (χ4n) is 2.55. The van der Waals surface area contributed by atoms with Gasteiger partial charge in [-0.15, -0.1) is 5.10 Å². The molecule has 0 fully saturated rings. The molecule has 2 heterocycles. The second-order valence-electron chi connectivity index (χ2n) is 6.89. The molecule has 0 unspecified atom stereocenters. The standard InChI is InChI=1S/C16H17F2N5O2S/c1-16(2,3)23-13(19)10-12(8-6-5-7-9(17)11(8)18)20-15(26(4,24)25)21-14(10)22-23/h5-7H,19H2,1-4H3. The highest BCUT2D eigenvalue weighted by Gasteiger charge is 2.27. The third-order valence-corrected chi connectivity index (χ3v) is 4.57. The number of rotatable bonds is 2. The molecule has 2 N–H and O–H groups in total. The van der Waals surface area contributed by atoms with E-state index in [2.05, 4.69) is 15.1 Å². The highest BCUT2D eigenvalue weighted by atomic mass is 32.2. The summed E-state index contributed by atoms with van der Waals surface area (Å²) in [5.41, 5.74) is 5.27. The first kappa shape index (κ1) is 18.2. The van der Waals surface area contributed by atoms with Crippen LogP contribution in [0.15, 0.2) is 23.4 Å². The monoisotopic (exact) mass is 381 g/mol. The van der Waals surface area contributed by atoms with Gasteiger partial charge in [0.2, 0.25) is 15.0 Å². The summed E-state index contributed by atoms with van der Waals surface area (Å²) in [6.45, 7) is 5.51. The number of benzene rings is 1. The number of nitrogen functional groups attached to an aromatic ring is 1. The van der Waals surface area contributed by atoms with Crippen molar-refractivity contribution in [3.05, 3.63) is 29.8 Å². The number of nitrogens with zero attached hydrogens (tertiary/aromatic N) is 4. The van der Waals surface area contributed by atoms with Crippen molar-refractivity contribution in [2.75, 3.05) is 12.0 Å². The van der Waals surface area contributed by atoms with Crippen molar-refractivity contribution < 1.29 is 17.2 Å². The average molecular weight is 381 g/mol. The summed E-state index contributed by atoms with van der Waals surface area (Å²) in [4.78, 5) is 7.91. The van der Waals surface area contributed by atoms with Crippen LogP contribution < -0.4 is 5.73 Å². The van der Waals surface area contributed by atoms with Crippen LogP contribution in [0.1, 0.15) is 20.8 Å². The second kappa shape index (κ2) is 5.70. The first-order valence-corrected chi connectivity index (χ1v) is 9.51. The Bertz CT molecular complexity index is 1130. The Balaban J connectivity index is 2.50. The Labute approximate surface area is 148 Å². The predicted molar refractivity (Wildman–Crippen MR) is 93.2 cm³/mol. The molecule has 0 amide bonds. The van der Waals surface area contributed by atoms with E-state index in [4.69, 9.17) is 5.73 Å². The maximum Gasteiger partial charge on any atom is 0.249 e. The van der Waals surface area contributed by atoms with E-state index in [1.807, 2.05) is 20.8 Å². The van der Waals surface area contributed by atoms with Crippen LogP contribution in [-0.4, -0.2) is 34.4 Å². The fraction of sp³-hybridized carbons (Fsp3) is 0.312. The van der Waals surface area contributed by atoms with Gasteiger partial charge < -0.3 is 5.73 Å². The van der Waals surface area contributed by atoms with Gasteiger partial charge in [-0.2, -0.15) is 4.98 Å². The number of fused-ring (bicyclic) bond motifs is 1. The van der Waals surface area contributed by atoms with Crippen molar-refractivity contribution in [3.8, 4) is 11.3 Å². The fourth-order valence-corrected chi connectivity index (χ4v) is 3.06. The molecule has 0 spiro atoms. The number of sulfone groups is 1. The molecule has 0 radical (unpaired) electrons. The third-order valence-electron chi connectivity index (χ3n) is 3.72. The average Bonchev–Trinajstić information content (AvgIpc) is 2.86. The van der Waals surface area contributed by atoms with E-state index in [0.29, 0.717) is 0 Å². The second-order valence-corrected chi connectivity index (χ2v) is 8.80. The highest BCUT2D eigenvalue weighted by molar-refractivity contribution is 7.90. The van der Waals surface area contributed by atoms with Crippen LogP contribution in [0.2, 0.25) is 0 Å². The van der Waals surface area contributed by atoms with Gasteiger partial charge in [-0.1, -0.05) is 6.07 Å². The van der Waals surface area contributed by atoms with Crippen LogP contribution in [0.4, 0.5) is 14.6 Å². The summed E-state index contributed by atoms with van der Waals surface area (Å²) in [5.74, 6) is -2.11. The molecule has 138 valence electrons. The topological polar surface area (TPSA) is 104 Å². The van der Waals surface area contributed by atoms with E-state index < -0.39 is 32.2 Å². The number of hydrogen-bond acceptors (Lipinski definition) is 6. The molecule has 0 aliphatic rings. The number of hydrogen-bond donors (Lipinski definition) is 1. The lowest BCUT2D eigenvalue weighted by atomic mass is 10.1. The summed E-state index contributed by atoms with van der Waals surface area (Å²) >= 11 is 0. The molecule has 0 aliphatic heterocycles. The molecule has 2 aromatic heterocycles. The predicted octanol–water partition coefficient (Wildman–Crippen LogP) is 2.51. The maximum absolute atomic E-state index is 14.4. The molecule has 7 nitrogen and oxygen atoms in total. The van der Waals surface area contributed by atoms with Crippen molar-refractivity contribution in [2.45, 2.75) is 31.5 Å². The van der Waals surface area contributed by atoms with Crippen LogP contribution in [0.5, 0.6) is 0 Å². The summed E-state index contributed by atoms with van der Waals surface area (Å²) in [7, 11) is -3.82.